The Morgan fingerprint density at radius 1 is 1.07 bits per heavy atom. The van der Waals surface area contributed by atoms with Crippen molar-refractivity contribution in [2.75, 3.05) is 19.6 Å². The third kappa shape index (κ3) is 3.75. The van der Waals surface area contributed by atoms with Crippen LogP contribution in [0.3, 0.4) is 0 Å². The van der Waals surface area contributed by atoms with E-state index in [1.807, 2.05) is 60.0 Å². The Morgan fingerprint density at radius 3 is 2.67 bits per heavy atom. The molecule has 4 heterocycles. The zero-order valence-corrected chi connectivity index (χ0v) is 17.1. The number of hydrogen-bond acceptors (Lipinski definition) is 4. The van der Waals surface area contributed by atoms with Crippen molar-refractivity contribution >= 4 is 5.91 Å². The average Bonchev–Trinajstić information content (AvgIpc) is 3.29. The third-order valence-electron chi connectivity index (χ3n) is 6.48. The maximum absolute atomic E-state index is 12.8. The fourth-order valence-corrected chi connectivity index (χ4v) is 4.96. The Bertz CT molecular complexity index is 979. The van der Waals surface area contributed by atoms with E-state index in [1.54, 1.807) is 0 Å². The summed E-state index contributed by atoms with van der Waals surface area (Å²) in [5, 5.41) is 0. The third-order valence-corrected chi connectivity index (χ3v) is 6.48. The number of pyridine rings is 1. The van der Waals surface area contributed by atoms with Gasteiger partial charge in [0.15, 0.2) is 0 Å². The quantitative estimate of drug-likeness (QED) is 0.727. The number of carbonyl (C=O) groups is 1. The Hall–Kier alpha value is -2.99. The highest BCUT2D eigenvalue weighted by Crippen LogP contribution is 2.39. The summed E-state index contributed by atoms with van der Waals surface area (Å²) in [6.07, 6.45) is 8.61. The lowest BCUT2D eigenvalue weighted by Gasteiger charge is -2.43. The SMILES string of the molecule is O=C(c1ccccc1)N1CCC(C2c3nc[nH]c3CCN2Cc2cccnc2)CC1. The molecule has 1 N–H and O–H groups in total. The fraction of sp³-hybridized carbons (Fsp3) is 0.375. The van der Waals surface area contributed by atoms with Gasteiger partial charge < -0.3 is 9.88 Å². The first-order valence-corrected chi connectivity index (χ1v) is 10.8. The van der Waals surface area contributed by atoms with Crippen LogP contribution in [0.1, 0.15) is 46.2 Å². The highest BCUT2D eigenvalue weighted by Gasteiger charge is 2.37. The van der Waals surface area contributed by atoms with Crippen LogP contribution in [-0.4, -0.2) is 50.3 Å². The second-order valence-corrected chi connectivity index (χ2v) is 8.29. The number of aromatic nitrogens is 3. The summed E-state index contributed by atoms with van der Waals surface area (Å²) in [7, 11) is 0. The van der Waals surface area contributed by atoms with Crippen LogP contribution >= 0.6 is 0 Å². The van der Waals surface area contributed by atoms with Crippen LogP contribution in [0.25, 0.3) is 0 Å². The van der Waals surface area contributed by atoms with E-state index in [1.165, 1.54) is 17.0 Å². The number of carbonyl (C=O) groups excluding carboxylic acids is 1. The van der Waals surface area contributed by atoms with Crippen molar-refractivity contribution in [1.29, 1.82) is 0 Å². The standard InChI is InChI=1S/C24H27N5O/c30-24(20-6-2-1-3-7-20)28-12-8-19(9-13-28)23-22-21(26-17-27-22)10-14-29(23)16-18-5-4-11-25-15-18/h1-7,11,15,17,19,23H,8-10,12-14,16H2,(H,26,27). The van der Waals surface area contributed by atoms with Crippen molar-refractivity contribution in [3.8, 4) is 0 Å². The number of hydrogen-bond donors (Lipinski definition) is 1. The molecule has 1 aromatic carbocycles. The van der Waals surface area contributed by atoms with Crippen LogP contribution in [0.5, 0.6) is 0 Å². The van der Waals surface area contributed by atoms with E-state index in [2.05, 4.69) is 20.9 Å². The zero-order valence-electron chi connectivity index (χ0n) is 17.1. The van der Waals surface area contributed by atoms with E-state index in [-0.39, 0.29) is 11.9 Å². The molecule has 30 heavy (non-hydrogen) atoms. The molecule has 6 heteroatoms. The van der Waals surface area contributed by atoms with Crippen LogP contribution < -0.4 is 0 Å². The Balaban J connectivity index is 1.32. The normalized spacial score (nSPS) is 20.1. The summed E-state index contributed by atoms with van der Waals surface area (Å²) >= 11 is 0. The highest BCUT2D eigenvalue weighted by atomic mass is 16.2. The Kier molecular flexibility index (Phi) is 5.32. The van der Waals surface area contributed by atoms with Gasteiger partial charge in [0.05, 0.1) is 18.1 Å². The van der Waals surface area contributed by atoms with Crippen LogP contribution in [0.4, 0.5) is 0 Å². The van der Waals surface area contributed by atoms with Crippen LogP contribution in [0.15, 0.2) is 61.2 Å². The van der Waals surface area contributed by atoms with Crippen LogP contribution in [-0.2, 0) is 13.0 Å². The summed E-state index contributed by atoms with van der Waals surface area (Å²) in [5.74, 6) is 0.634. The van der Waals surface area contributed by atoms with Crippen molar-refractivity contribution < 1.29 is 4.79 Å². The molecule has 0 radical (unpaired) electrons. The van der Waals surface area contributed by atoms with Crippen molar-refractivity contribution in [1.82, 2.24) is 24.8 Å². The number of amides is 1. The molecule has 154 valence electrons. The molecule has 5 rings (SSSR count). The van der Waals surface area contributed by atoms with Gasteiger partial charge >= 0.3 is 0 Å². The summed E-state index contributed by atoms with van der Waals surface area (Å²) < 4.78 is 0. The smallest absolute Gasteiger partial charge is 0.253 e. The van der Waals surface area contributed by atoms with E-state index < -0.39 is 0 Å². The lowest BCUT2D eigenvalue weighted by atomic mass is 9.83. The van der Waals surface area contributed by atoms with Crippen molar-refractivity contribution in [3.05, 3.63) is 83.7 Å². The topological polar surface area (TPSA) is 65.1 Å². The number of nitrogens with zero attached hydrogens (tertiary/aromatic N) is 4. The molecule has 1 unspecified atom stereocenters. The number of piperidine rings is 1. The first-order valence-electron chi connectivity index (χ1n) is 10.8. The predicted molar refractivity (Wildman–Crippen MR) is 115 cm³/mol. The monoisotopic (exact) mass is 401 g/mol. The molecule has 2 aliphatic rings. The number of nitrogens with one attached hydrogen (secondary N) is 1. The molecule has 2 aromatic heterocycles. The van der Waals surface area contributed by atoms with Gasteiger partial charge in [-0.1, -0.05) is 24.3 Å². The molecular weight excluding hydrogens is 374 g/mol. The van der Waals surface area contributed by atoms with E-state index in [4.69, 9.17) is 4.98 Å². The molecular formula is C24H27N5O. The second kappa shape index (κ2) is 8.40. The number of likely N-dealkylation sites (tertiary alicyclic amines) is 1. The van der Waals surface area contributed by atoms with Crippen molar-refractivity contribution in [2.24, 2.45) is 5.92 Å². The van der Waals surface area contributed by atoms with Crippen LogP contribution in [0.2, 0.25) is 0 Å². The molecule has 0 saturated carbocycles. The fourth-order valence-electron chi connectivity index (χ4n) is 4.96. The maximum atomic E-state index is 12.8. The summed E-state index contributed by atoms with van der Waals surface area (Å²) in [6.45, 7) is 3.50. The molecule has 1 atom stereocenters. The van der Waals surface area contributed by atoms with Crippen molar-refractivity contribution in [3.63, 3.8) is 0 Å². The lowest BCUT2D eigenvalue weighted by Crippen LogP contribution is -2.45. The summed E-state index contributed by atoms with van der Waals surface area (Å²) in [4.78, 5) is 29.7. The minimum absolute atomic E-state index is 0.144. The first-order chi connectivity index (χ1) is 14.8. The van der Waals surface area contributed by atoms with Gasteiger partial charge in [0.1, 0.15) is 0 Å². The lowest BCUT2D eigenvalue weighted by molar-refractivity contribution is 0.0529. The number of benzene rings is 1. The summed E-state index contributed by atoms with van der Waals surface area (Å²) in [6, 6.07) is 14.0. The van der Waals surface area contributed by atoms with Gasteiger partial charge in [-0.05, 0) is 42.5 Å². The number of rotatable bonds is 4. The van der Waals surface area contributed by atoms with Gasteiger partial charge in [-0.25, -0.2) is 4.98 Å². The number of imidazole rings is 1. The largest absolute Gasteiger partial charge is 0.348 e. The maximum Gasteiger partial charge on any atom is 0.253 e. The molecule has 3 aromatic rings. The van der Waals surface area contributed by atoms with E-state index in [0.29, 0.717) is 5.92 Å². The van der Waals surface area contributed by atoms with Gasteiger partial charge in [0, 0.05) is 56.3 Å². The zero-order chi connectivity index (χ0) is 20.3. The van der Waals surface area contributed by atoms with Gasteiger partial charge in [-0.2, -0.15) is 0 Å². The van der Waals surface area contributed by atoms with Crippen LogP contribution in [0, 0.1) is 5.92 Å². The summed E-state index contributed by atoms with van der Waals surface area (Å²) in [5.41, 5.74) is 4.47. The molecule has 0 aliphatic carbocycles. The molecule has 1 fully saturated rings. The van der Waals surface area contributed by atoms with Gasteiger partial charge in [-0.3, -0.25) is 14.7 Å². The highest BCUT2D eigenvalue weighted by molar-refractivity contribution is 5.94. The van der Waals surface area contributed by atoms with E-state index in [0.717, 1.165) is 51.0 Å². The van der Waals surface area contributed by atoms with Gasteiger partial charge in [0.25, 0.3) is 5.91 Å². The Labute approximate surface area is 177 Å². The van der Waals surface area contributed by atoms with Gasteiger partial charge in [-0.15, -0.1) is 0 Å². The Morgan fingerprint density at radius 2 is 1.90 bits per heavy atom. The van der Waals surface area contributed by atoms with Gasteiger partial charge in [0.2, 0.25) is 0 Å². The average molecular weight is 402 g/mol. The van der Waals surface area contributed by atoms with E-state index >= 15 is 0 Å². The van der Waals surface area contributed by atoms with E-state index in [9.17, 15) is 4.79 Å². The molecule has 0 spiro atoms. The molecule has 0 bridgehead atoms. The van der Waals surface area contributed by atoms with Crippen molar-refractivity contribution in [2.45, 2.75) is 31.8 Å². The molecule has 2 aliphatic heterocycles. The molecule has 1 saturated heterocycles. The minimum Gasteiger partial charge on any atom is -0.348 e. The first kappa shape index (κ1) is 19.0. The minimum atomic E-state index is 0.144. The molecule has 6 nitrogen and oxygen atoms in total. The number of aromatic amines is 1. The second-order valence-electron chi connectivity index (χ2n) is 8.29. The number of H-pyrrole nitrogens is 1. The molecule has 1 amide bonds. The number of fused-ring (bicyclic) bond motifs is 1. The predicted octanol–water partition coefficient (Wildman–Crippen LogP) is 3.46.